The summed E-state index contributed by atoms with van der Waals surface area (Å²) in [6.07, 6.45) is 0.455. The molecule has 0 aliphatic carbocycles. The first-order chi connectivity index (χ1) is 9.60. The predicted molar refractivity (Wildman–Crippen MR) is 81.5 cm³/mol. The number of aliphatic hydroxyl groups is 2. The lowest BCUT2D eigenvalue weighted by Gasteiger charge is -2.44. The van der Waals surface area contributed by atoms with Crippen molar-refractivity contribution in [1.29, 1.82) is 0 Å². The van der Waals surface area contributed by atoms with Gasteiger partial charge in [-0.3, -0.25) is 13.9 Å². The van der Waals surface area contributed by atoms with E-state index < -0.39 is 34.2 Å². The second-order valence-corrected chi connectivity index (χ2v) is 6.36. The highest BCUT2D eigenvalue weighted by atomic mass is 32.3. The Labute approximate surface area is 130 Å². The highest BCUT2D eigenvalue weighted by Crippen LogP contribution is 2.25. The standard InChI is InChI=1S/C12H24N2O3.H2O4S/c1-6-9(14-10(16)8(2)3)12(17,7-15)11(4,5)13;1-5(2,3)4/h9,15,17H,2,6-7,13H2,1,3-5H3,(H,14,16);(H2,1,2,3,4). The molecule has 0 aliphatic heterocycles. The quantitative estimate of drug-likeness (QED) is 0.271. The fourth-order valence-electron chi connectivity index (χ4n) is 1.60. The Bertz CT molecular complexity index is 476. The summed E-state index contributed by atoms with van der Waals surface area (Å²) in [5.41, 5.74) is 3.60. The van der Waals surface area contributed by atoms with Gasteiger partial charge in [0.15, 0.2) is 0 Å². The van der Waals surface area contributed by atoms with Gasteiger partial charge in [-0.1, -0.05) is 13.5 Å². The molecule has 0 aliphatic rings. The van der Waals surface area contributed by atoms with Crippen LogP contribution < -0.4 is 11.1 Å². The Kier molecular flexibility index (Phi) is 9.03. The molecule has 0 spiro atoms. The molecule has 2 atom stereocenters. The van der Waals surface area contributed by atoms with Crippen LogP contribution in [0.1, 0.15) is 34.1 Å². The third-order valence-electron chi connectivity index (χ3n) is 3.03. The largest absolute Gasteiger partial charge is 0.394 e. The van der Waals surface area contributed by atoms with Crippen LogP contribution in [0.4, 0.5) is 0 Å². The maximum Gasteiger partial charge on any atom is 0.394 e. The summed E-state index contributed by atoms with van der Waals surface area (Å²) >= 11 is 0. The number of nitrogens with one attached hydrogen (secondary N) is 1. The second kappa shape index (κ2) is 8.56. The van der Waals surface area contributed by atoms with Crippen LogP contribution in [0.2, 0.25) is 0 Å². The van der Waals surface area contributed by atoms with E-state index in [0.29, 0.717) is 12.0 Å². The van der Waals surface area contributed by atoms with E-state index in [2.05, 4.69) is 11.9 Å². The molecule has 0 bridgehead atoms. The molecular weight excluding hydrogens is 316 g/mol. The van der Waals surface area contributed by atoms with Gasteiger partial charge in [-0.15, -0.1) is 0 Å². The number of rotatable bonds is 6. The highest BCUT2D eigenvalue weighted by molar-refractivity contribution is 7.79. The zero-order valence-corrected chi connectivity index (χ0v) is 14.0. The molecule has 1 amide bonds. The van der Waals surface area contributed by atoms with Gasteiger partial charge in [0.1, 0.15) is 5.60 Å². The van der Waals surface area contributed by atoms with E-state index in [1.165, 1.54) is 0 Å². The minimum Gasteiger partial charge on any atom is -0.393 e. The predicted octanol–water partition coefficient (Wildman–Crippen LogP) is -0.735. The van der Waals surface area contributed by atoms with E-state index >= 15 is 0 Å². The van der Waals surface area contributed by atoms with Gasteiger partial charge in [-0.05, 0) is 27.2 Å². The maximum absolute atomic E-state index is 11.6. The zero-order valence-electron chi connectivity index (χ0n) is 13.2. The minimum absolute atomic E-state index is 0.346. The first-order valence-corrected chi connectivity index (χ1v) is 7.78. The minimum atomic E-state index is -4.67. The van der Waals surface area contributed by atoms with Crippen molar-refractivity contribution in [3.63, 3.8) is 0 Å². The lowest BCUT2D eigenvalue weighted by atomic mass is 9.77. The average Bonchev–Trinajstić information content (AvgIpc) is 2.30. The van der Waals surface area contributed by atoms with Crippen LogP contribution in [0.5, 0.6) is 0 Å². The molecule has 9 nitrogen and oxygen atoms in total. The topological polar surface area (TPSA) is 170 Å². The molecule has 0 saturated heterocycles. The number of carbonyl (C=O) groups excluding carboxylic acids is 1. The van der Waals surface area contributed by atoms with Crippen molar-refractivity contribution < 1.29 is 32.5 Å². The van der Waals surface area contributed by atoms with Crippen LogP contribution in [0, 0.1) is 0 Å². The fourth-order valence-corrected chi connectivity index (χ4v) is 1.60. The molecule has 132 valence electrons. The van der Waals surface area contributed by atoms with Crippen molar-refractivity contribution in [2.45, 2.75) is 51.3 Å². The number of hydrogen-bond donors (Lipinski definition) is 6. The second-order valence-electron chi connectivity index (χ2n) is 5.47. The molecular formula is C12H26N2O7S. The van der Waals surface area contributed by atoms with Gasteiger partial charge in [0.25, 0.3) is 0 Å². The molecule has 0 aromatic heterocycles. The maximum atomic E-state index is 11.6. The number of aliphatic hydroxyl groups excluding tert-OH is 1. The van der Waals surface area contributed by atoms with Crippen molar-refractivity contribution >= 4 is 16.3 Å². The Hall–Kier alpha value is -1.04. The highest BCUT2D eigenvalue weighted by Gasteiger charge is 2.46. The third kappa shape index (κ3) is 8.41. The van der Waals surface area contributed by atoms with Gasteiger partial charge in [-0.2, -0.15) is 8.42 Å². The Morgan fingerprint density at radius 3 is 1.91 bits per heavy atom. The number of carbonyl (C=O) groups is 1. The molecule has 10 heteroatoms. The molecule has 0 rings (SSSR count). The van der Waals surface area contributed by atoms with Crippen LogP contribution >= 0.6 is 0 Å². The van der Waals surface area contributed by atoms with Gasteiger partial charge >= 0.3 is 10.4 Å². The van der Waals surface area contributed by atoms with E-state index in [0.717, 1.165) is 0 Å². The molecule has 7 N–H and O–H groups in total. The first kappa shape index (κ1) is 23.2. The van der Waals surface area contributed by atoms with E-state index in [-0.39, 0.29) is 5.91 Å². The average molecular weight is 342 g/mol. The summed E-state index contributed by atoms with van der Waals surface area (Å²) in [5, 5.41) is 22.4. The zero-order chi connectivity index (χ0) is 18.4. The van der Waals surface area contributed by atoms with Gasteiger partial charge < -0.3 is 21.3 Å². The molecule has 22 heavy (non-hydrogen) atoms. The monoisotopic (exact) mass is 342 g/mol. The smallest absolute Gasteiger partial charge is 0.393 e. The summed E-state index contributed by atoms with van der Waals surface area (Å²) < 4.78 is 31.6. The Morgan fingerprint density at radius 1 is 1.36 bits per heavy atom. The fraction of sp³-hybridized carbons (Fsp3) is 0.750. The van der Waals surface area contributed by atoms with Crippen molar-refractivity contribution in [2.24, 2.45) is 5.73 Å². The molecule has 0 saturated carbocycles. The Balaban J connectivity index is 0. The third-order valence-corrected chi connectivity index (χ3v) is 3.03. The number of nitrogens with two attached hydrogens (primary N) is 1. The van der Waals surface area contributed by atoms with Gasteiger partial charge in [0, 0.05) is 11.1 Å². The first-order valence-electron chi connectivity index (χ1n) is 6.38. The van der Waals surface area contributed by atoms with E-state index in [1.54, 1.807) is 27.7 Å². The molecule has 2 unspecified atom stereocenters. The van der Waals surface area contributed by atoms with Crippen molar-refractivity contribution in [3.05, 3.63) is 12.2 Å². The SMILES string of the molecule is C=C(C)C(=O)NC(CC)C(O)(CO)C(C)(C)N.O=S(=O)(O)O. The van der Waals surface area contributed by atoms with Crippen molar-refractivity contribution in [2.75, 3.05) is 6.61 Å². The lowest BCUT2D eigenvalue weighted by molar-refractivity contribution is -0.126. The van der Waals surface area contributed by atoms with E-state index in [4.69, 9.17) is 23.3 Å². The number of hydrogen-bond acceptors (Lipinski definition) is 6. The molecule has 0 aromatic carbocycles. The normalized spacial score (nSPS) is 15.9. The molecule has 0 aromatic rings. The summed E-state index contributed by atoms with van der Waals surface area (Å²) in [6, 6.07) is -0.628. The summed E-state index contributed by atoms with van der Waals surface area (Å²) in [4.78, 5) is 11.6. The summed E-state index contributed by atoms with van der Waals surface area (Å²) in [5.74, 6) is -0.354. The van der Waals surface area contributed by atoms with Crippen LogP contribution in [0.15, 0.2) is 12.2 Å². The summed E-state index contributed by atoms with van der Waals surface area (Å²) in [6.45, 7) is 9.60. The van der Waals surface area contributed by atoms with Gasteiger partial charge in [0.2, 0.25) is 5.91 Å². The van der Waals surface area contributed by atoms with Crippen LogP contribution in [0.3, 0.4) is 0 Å². The lowest BCUT2D eigenvalue weighted by Crippen LogP contribution is -2.69. The van der Waals surface area contributed by atoms with Crippen LogP contribution in [-0.2, 0) is 15.2 Å². The number of amides is 1. The Morgan fingerprint density at radius 2 is 1.73 bits per heavy atom. The van der Waals surface area contributed by atoms with Gasteiger partial charge in [0.05, 0.1) is 12.6 Å². The molecule has 0 heterocycles. The molecule has 0 fully saturated rings. The van der Waals surface area contributed by atoms with Gasteiger partial charge in [-0.25, -0.2) is 0 Å². The van der Waals surface area contributed by atoms with Crippen LogP contribution in [-0.4, -0.2) is 57.4 Å². The van der Waals surface area contributed by atoms with E-state index in [9.17, 15) is 15.0 Å². The van der Waals surface area contributed by atoms with Crippen molar-refractivity contribution in [1.82, 2.24) is 5.32 Å². The molecule has 0 radical (unpaired) electrons. The van der Waals surface area contributed by atoms with Crippen LogP contribution in [0.25, 0.3) is 0 Å². The van der Waals surface area contributed by atoms with Crippen molar-refractivity contribution in [3.8, 4) is 0 Å². The summed E-state index contributed by atoms with van der Waals surface area (Å²) in [7, 11) is -4.67. The van der Waals surface area contributed by atoms with E-state index in [1.807, 2.05) is 0 Å².